The molecular weight excluding hydrogens is 470 g/mol. The highest BCUT2D eigenvalue weighted by Crippen LogP contribution is 2.21. The number of nitrogens with zero attached hydrogens (tertiary/aromatic N) is 4. The predicted molar refractivity (Wildman–Crippen MR) is 131 cm³/mol. The number of piperidine rings is 1. The number of hydrazone groups is 1. The Morgan fingerprint density at radius 2 is 1.91 bits per heavy atom. The van der Waals surface area contributed by atoms with Gasteiger partial charge in [-0.25, -0.2) is 18.6 Å². The maximum Gasteiger partial charge on any atom is 0.242 e. The summed E-state index contributed by atoms with van der Waals surface area (Å²) in [6.45, 7) is 2.50. The average Bonchev–Trinajstić information content (AvgIpc) is 3.32. The van der Waals surface area contributed by atoms with Crippen molar-refractivity contribution in [1.82, 2.24) is 25.3 Å². The molecule has 0 unspecified atom stereocenters. The smallest absolute Gasteiger partial charge is 0.242 e. The molecule has 1 aromatic rings. The second-order valence-electron chi connectivity index (χ2n) is 9.01. The number of nitriles is 1. The van der Waals surface area contributed by atoms with Gasteiger partial charge in [0.25, 0.3) is 0 Å². The number of amides is 2. The molecule has 0 spiro atoms. The Hall–Kier alpha value is -3.17. The van der Waals surface area contributed by atoms with Crippen LogP contribution in [0.25, 0.3) is 0 Å². The number of benzene rings is 1. The minimum absolute atomic E-state index is 0.198. The Bertz CT molecular complexity index is 1030. The lowest BCUT2D eigenvalue weighted by molar-refractivity contribution is -0.139. The van der Waals surface area contributed by atoms with Crippen LogP contribution in [0, 0.1) is 17.4 Å². The van der Waals surface area contributed by atoms with Crippen molar-refractivity contribution in [3.8, 4) is 6.19 Å². The molecule has 2 aliphatic heterocycles. The maximum atomic E-state index is 13.4. The molecule has 11 nitrogen and oxygen atoms in total. The van der Waals surface area contributed by atoms with Gasteiger partial charge in [-0.05, 0) is 43.6 Å². The topological polar surface area (TPSA) is 147 Å². The summed E-state index contributed by atoms with van der Waals surface area (Å²) < 4.78 is 26.4. The van der Waals surface area contributed by atoms with E-state index in [1.54, 1.807) is 12.5 Å². The fraction of sp³-hybridized carbons (Fsp3) is 0.565. The first kappa shape index (κ1) is 26.4. The normalized spacial score (nSPS) is 19.9. The molecule has 35 heavy (non-hydrogen) atoms. The summed E-state index contributed by atoms with van der Waals surface area (Å²) in [5.41, 5.74) is 3.07. The first-order valence-electron chi connectivity index (χ1n) is 11.8. The molecule has 12 heteroatoms. The number of hydrogen-bond donors (Lipinski definition) is 3. The number of sulfonamides is 1. The van der Waals surface area contributed by atoms with Crippen LogP contribution in [0.3, 0.4) is 0 Å². The highest BCUT2D eigenvalue weighted by molar-refractivity contribution is 7.88. The van der Waals surface area contributed by atoms with Crippen LogP contribution in [0.1, 0.15) is 31.2 Å². The van der Waals surface area contributed by atoms with Gasteiger partial charge in [0.1, 0.15) is 18.4 Å². The van der Waals surface area contributed by atoms with Crippen molar-refractivity contribution in [3.05, 3.63) is 35.9 Å². The third-order valence-corrected chi connectivity index (χ3v) is 7.04. The van der Waals surface area contributed by atoms with Gasteiger partial charge >= 0.3 is 0 Å². The molecule has 2 amide bonds. The van der Waals surface area contributed by atoms with Crippen molar-refractivity contribution < 1.29 is 18.0 Å². The number of likely N-dealkylation sites (tertiary alicyclic amines) is 2. The third kappa shape index (κ3) is 8.22. The van der Waals surface area contributed by atoms with E-state index in [0.717, 1.165) is 37.8 Å². The van der Waals surface area contributed by atoms with Crippen molar-refractivity contribution in [2.75, 3.05) is 32.4 Å². The van der Waals surface area contributed by atoms with Gasteiger partial charge in [0, 0.05) is 26.2 Å². The average molecular weight is 504 g/mol. The van der Waals surface area contributed by atoms with Gasteiger partial charge in [0.05, 0.1) is 6.26 Å². The van der Waals surface area contributed by atoms with Crippen molar-refractivity contribution in [2.24, 2.45) is 11.0 Å². The van der Waals surface area contributed by atoms with E-state index in [0.29, 0.717) is 31.8 Å². The molecule has 3 rings (SSSR count). The summed E-state index contributed by atoms with van der Waals surface area (Å²) in [7, 11) is -3.62. The largest absolute Gasteiger partial charge is 0.361 e. The Labute approximate surface area is 206 Å². The third-order valence-electron chi connectivity index (χ3n) is 6.33. The van der Waals surface area contributed by atoms with Crippen LogP contribution < -0.4 is 15.5 Å². The van der Waals surface area contributed by atoms with Crippen LogP contribution in [-0.2, 0) is 26.0 Å². The molecule has 190 valence electrons. The zero-order chi connectivity index (χ0) is 25.3. The summed E-state index contributed by atoms with van der Waals surface area (Å²) in [6.07, 6.45) is 7.58. The molecule has 2 heterocycles. The minimum Gasteiger partial charge on any atom is -0.361 e. The first-order chi connectivity index (χ1) is 16.8. The fourth-order valence-corrected chi connectivity index (χ4v) is 5.27. The molecule has 2 fully saturated rings. The SMILES string of the molecule is CS(=O)(=O)N[C@H](Cc1ccccc1)C(=O)N1CCC[C@H]1C(=O)NCC1CCN(C=NNC#N)CC1. The molecule has 0 radical (unpaired) electrons. The summed E-state index contributed by atoms with van der Waals surface area (Å²) in [4.78, 5) is 29.9. The molecule has 0 aromatic heterocycles. The molecule has 0 aliphatic carbocycles. The van der Waals surface area contributed by atoms with Gasteiger partial charge in [0.2, 0.25) is 21.8 Å². The van der Waals surface area contributed by atoms with Crippen LogP contribution in [0.2, 0.25) is 0 Å². The number of carbonyl (C=O) groups excluding carboxylic acids is 2. The van der Waals surface area contributed by atoms with Crippen molar-refractivity contribution in [3.63, 3.8) is 0 Å². The lowest BCUT2D eigenvalue weighted by Crippen LogP contribution is -2.54. The van der Waals surface area contributed by atoms with Gasteiger partial charge in [-0.3, -0.25) is 9.59 Å². The van der Waals surface area contributed by atoms with Gasteiger partial charge in [-0.1, -0.05) is 30.3 Å². The molecule has 0 bridgehead atoms. The van der Waals surface area contributed by atoms with Gasteiger partial charge in [0.15, 0.2) is 6.19 Å². The number of rotatable bonds is 10. The van der Waals surface area contributed by atoms with Gasteiger partial charge < -0.3 is 15.1 Å². The molecule has 0 saturated carbocycles. The molecule has 3 N–H and O–H groups in total. The summed E-state index contributed by atoms with van der Waals surface area (Å²) in [6, 6.07) is 7.64. The van der Waals surface area contributed by atoms with Crippen LogP contribution in [0.4, 0.5) is 0 Å². The minimum atomic E-state index is -3.62. The highest BCUT2D eigenvalue weighted by atomic mass is 32.2. The lowest BCUT2D eigenvalue weighted by atomic mass is 9.97. The molecule has 2 saturated heterocycles. The Morgan fingerprint density at radius 3 is 2.57 bits per heavy atom. The van der Waals surface area contributed by atoms with E-state index in [2.05, 4.69) is 20.6 Å². The second-order valence-corrected chi connectivity index (χ2v) is 10.8. The Kier molecular flexibility index (Phi) is 9.45. The van der Waals surface area contributed by atoms with Crippen LogP contribution in [-0.4, -0.2) is 80.9 Å². The predicted octanol–water partition coefficient (Wildman–Crippen LogP) is -0.0199. The number of nitrogens with one attached hydrogen (secondary N) is 3. The second kappa shape index (κ2) is 12.5. The number of carbonyl (C=O) groups is 2. The fourth-order valence-electron chi connectivity index (χ4n) is 4.57. The van der Waals surface area contributed by atoms with E-state index in [-0.39, 0.29) is 18.2 Å². The van der Waals surface area contributed by atoms with E-state index in [4.69, 9.17) is 5.26 Å². The van der Waals surface area contributed by atoms with Gasteiger partial charge in [-0.15, -0.1) is 0 Å². The van der Waals surface area contributed by atoms with E-state index >= 15 is 0 Å². The lowest BCUT2D eigenvalue weighted by Gasteiger charge is -2.31. The van der Waals surface area contributed by atoms with Crippen LogP contribution in [0.15, 0.2) is 35.4 Å². The first-order valence-corrected chi connectivity index (χ1v) is 13.7. The zero-order valence-electron chi connectivity index (χ0n) is 19.9. The number of hydrogen-bond acceptors (Lipinski definition) is 7. The maximum absolute atomic E-state index is 13.4. The molecule has 2 aliphatic rings. The molecule has 2 atom stereocenters. The summed E-state index contributed by atoms with van der Waals surface area (Å²) >= 11 is 0. The van der Waals surface area contributed by atoms with Crippen LogP contribution in [0.5, 0.6) is 0 Å². The van der Waals surface area contributed by atoms with Crippen molar-refractivity contribution in [2.45, 2.75) is 44.2 Å². The Morgan fingerprint density at radius 1 is 1.20 bits per heavy atom. The van der Waals surface area contributed by atoms with Crippen LogP contribution >= 0.6 is 0 Å². The standard InChI is InChI=1S/C23H33N7O4S/c1-35(33,34)28-20(14-18-6-3-2-4-7-18)23(32)30-11-5-8-21(30)22(31)25-15-19-9-12-29(13-10-19)17-27-26-16-24/h2-4,6-7,17,19-21,26,28H,5,8-15H2,1H3,(H,25,31)/t20-,21+/m1/s1. The van der Waals surface area contributed by atoms with E-state index in [9.17, 15) is 18.0 Å². The van der Waals surface area contributed by atoms with Crippen molar-refractivity contribution in [1.29, 1.82) is 5.26 Å². The molecule has 1 aromatic carbocycles. The summed E-state index contributed by atoms with van der Waals surface area (Å²) in [5, 5.41) is 15.3. The summed E-state index contributed by atoms with van der Waals surface area (Å²) in [5.74, 6) is -0.262. The Balaban J connectivity index is 1.56. The zero-order valence-corrected chi connectivity index (χ0v) is 20.7. The van der Waals surface area contributed by atoms with Gasteiger partial charge in [-0.2, -0.15) is 10.4 Å². The quantitative estimate of drug-likeness (QED) is 0.134. The van der Waals surface area contributed by atoms with Crippen molar-refractivity contribution >= 4 is 28.2 Å². The van der Waals surface area contributed by atoms with E-state index < -0.39 is 22.1 Å². The molecular formula is C23H33N7O4S. The van der Waals surface area contributed by atoms with E-state index in [1.807, 2.05) is 35.2 Å². The highest BCUT2D eigenvalue weighted by Gasteiger charge is 2.38. The monoisotopic (exact) mass is 503 g/mol. The van der Waals surface area contributed by atoms with E-state index in [1.165, 1.54) is 4.90 Å².